The van der Waals surface area contributed by atoms with E-state index in [0.29, 0.717) is 24.8 Å². The van der Waals surface area contributed by atoms with E-state index >= 15 is 0 Å². The number of fused-ring (bicyclic) bond motifs is 6. The van der Waals surface area contributed by atoms with Crippen LogP contribution in [0.3, 0.4) is 0 Å². The molecule has 0 radical (unpaired) electrons. The number of amides is 4. The number of carbonyl (C=O) groups is 4. The van der Waals surface area contributed by atoms with Crippen molar-refractivity contribution in [2.24, 2.45) is 0 Å². The molecule has 0 fully saturated rings. The van der Waals surface area contributed by atoms with E-state index in [4.69, 9.17) is 9.72 Å². The highest BCUT2D eigenvalue weighted by Gasteiger charge is 2.24. The summed E-state index contributed by atoms with van der Waals surface area (Å²) in [6.07, 6.45) is 1.93. The third kappa shape index (κ3) is 8.03. The Bertz CT molecular complexity index is 2160. The van der Waals surface area contributed by atoms with Crippen LogP contribution in [-0.4, -0.2) is 93.6 Å². The van der Waals surface area contributed by atoms with Crippen molar-refractivity contribution in [1.29, 1.82) is 0 Å². The maximum absolute atomic E-state index is 13.0. The number of rotatable bonds is 13. The van der Waals surface area contributed by atoms with Crippen LogP contribution in [0, 0.1) is 0 Å². The van der Waals surface area contributed by atoms with E-state index in [9.17, 15) is 19.2 Å². The third-order valence-electron chi connectivity index (χ3n) is 9.43. The summed E-state index contributed by atoms with van der Waals surface area (Å²) in [6, 6.07) is 14.3. The van der Waals surface area contributed by atoms with E-state index in [0.717, 1.165) is 68.3 Å². The van der Waals surface area contributed by atoms with Crippen LogP contribution in [-0.2, 0) is 38.8 Å². The van der Waals surface area contributed by atoms with Crippen LogP contribution >= 0.6 is 0 Å². The van der Waals surface area contributed by atoms with Crippen LogP contribution < -0.4 is 15.4 Å². The van der Waals surface area contributed by atoms with Gasteiger partial charge in [0.25, 0.3) is 0 Å². The number of carbonyl (C=O) groups excluding carboxylic acids is 4. The molecule has 2 aromatic heterocycles. The number of imidazole rings is 2. The Morgan fingerprint density at radius 2 is 1.66 bits per heavy atom. The van der Waals surface area contributed by atoms with Gasteiger partial charge in [-0.15, -0.1) is 0 Å². The van der Waals surface area contributed by atoms with Crippen LogP contribution in [0.5, 0.6) is 5.75 Å². The van der Waals surface area contributed by atoms with Crippen LogP contribution in [0.1, 0.15) is 50.8 Å². The first kappa shape index (κ1) is 36.7. The summed E-state index contributed by atoms with van der Waals surface area (Å²) >= 11 is 0. The van der Waals surface area contributed by atoms with E-state index in [1.807, 2.05) is 45.0 Å². The van der Waals surface area contributed by atoms with Crippen molar-refractivity contribution in [2.45, 2.75) is 59.4 Å². The molecule has 5 aromatic rings. The number of nitrogens with zero attached hydrogens (tertiary/aromatic N) is 4. The molecule has 4 N–H and O–H groups in total. The summed E-state index contributed by atoms with van der Waals surface area (Å²) in [7, 11) is 2.51. The first-order chi connectivity index (χ1) is 25.6. The van der Waals surface area contributed by atoms with Gasteiger partial charge in [-0.1, -0.05) is 32.0 Å². The quantitative estimate of drug-likeness (QED) is 0.126. The third-order valence-corrected chi connectivity index (χ3v) is 9.43. The summed E-state index contributed by atoms with van der Waals surface area (Å²) < 4.78 is 15.5. The number of benzene rings is 3. The van der Waals surface area contributed by atoms with Crippen molar-refractivity contribution < 1.29 is 33.4 Å². The lowest BCUT2D eigenvalue weighted by molar-refractivity contribution is -0.133. The molecule has 4 amide bonds. The highest BCUT2D eigenvalue weighted by molar-refractivity contribution is 6.07. The SMILES string of the molecule is CCCN(Cc1nc2ccc3cc4c(cc3c2[nH]1)OCc1cc(-c2cnc(CN(C(=O)CNC(=O)OC)[C@@H](C)CC)[nH]2)ccc1-4)C(=O)CNC(=O)OC. The van der Waals surface area contributed by atoms with Crippen LogP contribution in [0.2, 0.25) is 0 Å². The molecule has 0 bridgehead atoms. The molecule has 3 heterocycles. The smallest absolute Gasteiger partial charge is 0.407 e. The maximum Gasteiger partial charge on any atom is 0.407 e. The van der Waals surface area contributed by atoms with Crippen molar-refractivity contribution in [1.82, 2.24) is 40.4 Å². The van der Waals surface area contributed by atoms with E-state index in [-0.39, 0.29) is 44.0 Å². The monoisotopic (exact) mass is 724 g/mol. The zero-order chi connectivity index (χ0) is 37.6. The predicted octanol–water partition coefficient (Wildman–Crippen LogP) is 5.24. The fraction of sp³-hybridized carbons (Fsp3) is 0.368. The number of methoxy groups -OCH3 is 2. The summed E-state index contributed by atoms with van der Waals surface area (Å²) in [6.45, 7) is 7.04. The second-order valence-corrected chi connectivity index (χ2v) is 12.9. The van der Waals surface area contributed by atoms with Gasteiger partial charge in [-0.3, -0.25) is 9.59 Å². The lowest BCUT2D eigenvalue weighted by atomic mass is 9.92. The number of nitrogens with one attached hydrogen (secondary N) is 4. The Morgan fingerprint density at radius 3 is 2.38 bits per heavy atom. The minimum absolute atomic E-state index is 0.0612. The molecule has 1 aliphatic rings. The number of alkyl carbamates (subject to hydrolysis) is 2. The maximum atomic E-state index is 13.0. The molecule has 15 heteroatoms. The summed E-state index contributed by atoms with van der Waals surface area (Å²) in [5.41, 5.74) is 6.46. The minimum Gasteiger partial charge on any atom is -0.488 e. The lowest BCUT2D eigenvalue weighted by Crippen LogP contribution is -2.44. The molecule has 1 aliphatic heterocycles. The van der Waals surface area contributed by atoms with Gasteiger partial charge in [0.15, 0.2) is 0 Å². The van der Waals surface area contributed by atoms with Crippen molar-refractivity contribution >= 4 is 45.8 Å². The van der Waals surface area contributed by atoms with Crippen molar-refractivity contribution in [3.63, 3.8) is 0 Å². The molecule has 6 rings (SSSR count). The second-order valence-electron chi connectivity index (χ2n) is 12.9. The molecule has 0 spiro atoms. The topological polar surface area (TPSA) is 184 Å². The molecule has 3 aromatic carbocycles. The average Bonchev–Trinajstić information content (AvgIpc) is 3.83. The molecule has 53 heavy (non-hydrogen) atoms. The van der Waals surface area contributed by atoms with Gasteiger partial charge in [-0.2, -0.15) is 0 Å². The Kier molecular flexibility index (Phi) is 11.1. The van der Waals surface area contributed by atoms with Crippen LogP contribution in [0.4, 0.5) is 9.59 Å². The Morgan fingerprint density at radius 1 is 0.906 bits per heavy atom. The molecule has 0 saturated heterocycles. The van der Waals surface area contributed by atoms with Crippen molar-refractivity contribution in [2.75, 3.05) is 33.9 Å². The van der Waals surface area contributed by atoms with Gasteiger partial charge in [-0.05, 0) is 66.1 Å². The Labute approximate surface area is 306 Å². The second kappa shape index (κ2) is 16.0. The molecule has 1 atom stereocenters. The normalized spacial score (nSPS) is 12.3. The van der Waals surface area contributed by atoms with Gasteiger partial charge in [0.05, 0.1) is 50.2 Å². The zero-order valence-corrected chi connectivity index (χ0v) is 30.5. The fourth-order valence-electron chi connectivity index (χ4n) is 6.44. The number of hydrogen-bond acceptors (Lipinski definition) is 9. The van der Waals surface area contributed by atoms with Crippen molar-refractivity contribution in [3.8, 4) is 28.1 Å². The van der Waals surface area contributed by atoms with E-state index in [2.05, 4.69) is 53.3 Å². The van der Waals surface area contributed by atoms with Gasteiger partial charge in [0, 0.05) is 23.5 Å². The van der Waals surface area contributed by atoms with E-state index in [1.165, 1.54) is 14.2 Å². The highest BCUT2D eigenvalue weighted by Crippen LogP contribution is 2.42. The minimum atomic E-state index is -0.659. The number of aromatic nitrogens is 4. The predicted molar refractivity (Wildman–Crippen MR) is 198 cm³/mol. The highest BCUT2D eigenvalue weighted by atomic mass is 16.5. The summed E-state index contributed by atoms with van der Waals surface area (Å²) in [4.78, 5) is 68.3. The van der Waals surface area contributed by atoms with E-state index < -0.39 is 12.2 Å². The van der Waals surface area contributed by atoms with Crippen molar-refractivity contribution in [3.05, 3.63) is 65.9 Å². The Balaban J connectivity index is 1.21. The summed E-state index contributed by atoms with van der Waals surface area (Å²) in [5.74, 6) is 1.57. The summed E-state index contributed by atoms with van der Waals surface area (Å²) in [5, 5.41) is 6.88. The Hall–Kier alpha value is -6.12. The van der Waals surface area contributed by atoms with Crippen LogP contribution in [0.25, 0.3) is 44.2 Å². The molecule has 278 valence electrons. The number of H-pyrrole nitrogens is 2. The standard InChI is InChI=1S/C38H44N8O7/c1-6-12-45(34(47)17-40-37(49)51-4)19-33-42-29-11-9-23-14-28-26-10-8-24(13-25(26)21-53-31(28)15-27(23)36(29)44-33)30-16-39-32(43-30)20-46(22(3)7-2)35(48)18-41-38(50)52-5/h8-11,13-16,22H,6-7,12,17-21H2,1-5H3,(H,39,43)(H,40,49)(H,41,50)(H,42,44)/t22-/m0/s1. The molecule has 0 aliphatic carbocycles. The molecular weight excluding hydrogens is 680 g/mol. The first-order valence-corrected chi connectivity index (χ1v) is 17.6. The molecule has 0 unspecified atom stereocenters. The van der Waals surface area contributed by atoms with Gasteiger partial charge in [-0.25, -0.2) is 19.6 Å². The number of ether oxygens (including phenoxy) is 3. The fourth-order valence-corrected chi connectivity index (χ4v) is 6.44. The van der Waals surface area contributed by atoms with Gasteiger partial charge >= 0.3 is 12.2 Å². The molecule has 0 saturated carbocycles. The lowest BCUT2D eigenvalue weighted by Gasteiger charge is -2.28. The largest absolute Gasteiger partial charge is 0.488 e. The van der Waals surface area contributed by atoms with Crippen LogP contribution in [0.15, 0.2) is 48.7 Å². The molecular formula is C38H44N8O7. The van der Waals surface area contributed by atoms with E-state index in [1.54, 1.807) is 16.0 Å². The van der Waals surface area contributed by atoms with Gasteiger partial charge < -0.3 is 44.6 Å². The number of hydrogen-bond donors (Lipinski definition) is 4. The number of aromatic amines is 2. The average molecular weight is 725 g/mol. The molecule has 15 nitrogen and oxygen atoms in total. The van der Waals surface area contributed by atoms with Gasteiger partial charge in [0.1, 0.15) is 37.1 Å². The zero-order valence-electron chi connectivity index (χ0n) is 30.5. The van der Waals surface area contributed by atoms with Gasteiger partial charge in [0.2, 0.25) is 11.8 Å². The first-order valence-electron chi connectivity index (χ1n) is 17.6.